The van der Waals surface area contributed by atoms with Crippen molar-refractivity contribution in [3.63, 3.8) is 0 Å². The van der Waals surface area contributed by atoms with E-state index < -0.39 is 28.4 Å². The van der Waals surface area contributed by atoms with Gasteiger partial charge in [0.2, 0.25) is 0 Å². The lowest BCUT2D eigenvalue weighted by atomic mass is 9.98. The molecule has 0 unspecified atom stereocenters. The predicted molar refractivity (Wildman–Crippen MR) is 77.2 cm³/mol. The average molecular weight is 296 g/mol. The second-order valence-corrected chi connectivity index (χ2v) is 6.48. The van der Waals surface area contributed by atoms with Crippen LogP contribution in [-0.4, -0.2) is 45.1 Å². The lowest BCUT2D eigenvalue weighted by Gasteiger charge is -2.47. The summed E-state index contributed by atoms with van der Waals surface area (Å²) in [7, 11) is 0. The zero-order valence-electron chi connectivity index (χ0n) is 12.6. The predicted octanol–water partition coefficient (Wildman–Crippen LogP) is -0.325. The number of hydrogen-bond donors (Lipinski definition) is 3. The maximum atomic E-state index is 12.6. The van der Waals surface area contributed by atoms with Crippen LogP contribution in [0.4, 0.5) is 5.69 Å². The zero-order chi connectivity index (χ0) is 16.0. The maximum absolute atomic E-state index is 12.6. The molecule has 8 nitrogen and oxygen atoms in total. The molecule has 2 rings (SSSR count). The van der Waals surface area contributed by atoms with Crippen LogP contribution < -0.4 is 17.0 Å². The highest BCUT2D eigenvalue weighted by Gasteiger charge is 2.40. The van der Waals surface area contributed by atoms with Gasteiger partial charge in [-0.3, -0.25) is 14.6 Å². The molecule has 21 heavy (non-hydrogen) atoms. The van der Waals surface area contributed by atoms with E-state index in [0.29, 0.717) is 13.1 Å². The first-order valence-corrected chi connectivity index (χ1v) is 6.62. The minimum absolute atomic E-state index is 0.183. The summed E-state index contributed by atoms with van der Waals surface area (Å²) in [5.41, 5.74) is 2.53. The number of nitrogens with two attached hydrogens (primary N) is 1. The molecule has 2 heterocycles. The summed E-state index contributed by atoms with van der Waals surface area (Å²) in [6, 6.07) is 0. The topological polar surface area (TPSA) is 121 Å². The van der Waals surface area contributed by atoms with Gasteiger partial charge in [-0.05, 0) is 27.7 Å². The van der Waals surface area contributed by atoms with Gasteiger partial charge in [0, 0.05) is 13.1 Å². The van der Waals surface area contributed by atoms with E-state index in [4.69, 9.17) is 10.5 Å². The molecule has 116 valence electrons. The highest BCUT2D eigenvalue weighted by molar-refractivity contribution is 5.97. The molecule has 0 bridgehead atoms. The third kappa shape index (κ3) is 3.15. The number of nitrogen functional groups attached to an aromatic ring is 1. The standard InChI is InChI=1S/C13H20N4O4/c1-12(2)5-17(6-13(3,4)21-12)10(19)8-7(14)9(18)16-11(20)15-8/h5-6,14H2,1-4H3,(H2,15,16,18,20). The number of rotatable bonds is 1. The SMILES string of the molecule is CC1(C)CN(C(=O)c2[nH]c(=O)[nH]c(=O)c2N)CC(C)(C)O1. The molecule has 1 amide bonds. The Balaban J connectivity index is 2.41. The number of nitrogens with zero attached hydrogens (tertiary/aromatic N) is 1. The molecular weight excluding hydrogens is 276 g/mol. The number of ether oxygens (including phenoxy) is 1. The molecule has 0 radical (unpaired) electrons. The first-order chi connectivity index (χ1) is 9.51. The second kappa shape index (κ2) is 4.73. The average Bonchev–Trinajstić information content (AvgIpc) is 2.29. The highest BCUT2D eigenvalue weighted by atomic mass is 16.5. The summed E-state index contributed by atoms with van der Waals surface area (Å²) in [6.07, 6.45) is 0. The van der Waals surface area contributed by atoms with Gasteiger partial charge in [0.05, 0.1) is 11.2 Å². The van der Waals surface area contributed by atoms with E-state index >= 15 is 0 Å². The first kappa shape index (κ1) is 15.3. The molecule has 0 atom stereocenters. The maximum Gasteiger partial charge on any atom is 0.326 e. The largest absolute Gasteiger partial charge is 0.392 e. The van der Waals surface area contributed by atoms with E-state index in [9.17, 15) is 14.4 Å². The van der Waals surface area contributed by atoms with Crippen molar-refractivity contribution in [1.29, 1.82) is 0 Å². The number of nitrogens with one attached hydrogen (secondary N) is 2. The molecule has 0 spiro atoms. The molecule has 1 saturated heterocycles. The summed E-state index contributed by atoms with van der Waals surface area (Å²) in [5.74, 6) is -0.486. The highest BCUT2D eigenvalue weighted by Crippen LogP contribution is 2.28. The first-order valence-electron chi connectivity index (χ1n) is 6.62. The molecule has 0 aromatic carbocycles. The Morgan fingerprint density at radius 3 is 2.19 bits per heavy atom. The fourth-order valence-electron chi connectivity index (χ4n) is 2.75. The third-order valence-electron chi connectivity index (χ3n) is 3.18. The molecule has 1 aromatic heterocycles. The normalized spacial score (nSPS) is 20.3. The Hall–Kier alpha value is -2.09. The molecule has 1 aliphatic heterocycles. The van der Waals surface area contributed by atoms with E-state index in [1.165, 1.54) is 4.90 Å². The van der Waals surface area contributed by atoms with Gasteiger partial charge in [-0.2, -0.15) is 0 Å². The van der Waals surface area contributed by atoms with Crippen LogP contribution in [0.25, 0.3) is 0 Å². The van der Waals surface area contributed by atoms with Gasteiger partial charge < -0.3 is 20.4 Å². The minimum atomic E-state index is -0.770. The van der Waals surface area contributed by atoms with Crippen LogP contribution in [0.5, 0.6) is 0 Å². The monoisotopic (exact) mass is 296 g/mol. The Bertz CT molecular complexity index is 670. The van der Waals surface area contributed by atoms with Gasteiger partial charge in [0.15, 0.2) is 0 Å². The van der Waals surface area contributed by atoms with Gasteiger partial charge in [-0.1, -0.05) is 0 Å². The van der Waals surface area contributed by atoms with E-state index in [1.807, 2.05) is 32.7 Å². The summed E-state index contributed by atoms with van der Waals surface area (Å²) in [6.45, 7) is 8.17. The number of H-pyrrole nitrogens is 2. The van der Waals surface area contributed by atoms with Crippen LogP contribution in [0.2, 0.25) is 0 Å². The summed E-state index contributed by atoms with van der Waals surface area (Å²) in [4.78, 5) is 41.2. The number of aromatic amines is 2. The van der Waals surface area contributed by atoms with Crippen LogP contribution in [0, 0.1) is 0 Å². The van der Waals surface area contributed by atoms with Crippen molar-refractivity contribution < 1.29 is 9.53 Å². The molecule has 8 heteroatoms. The molecule has 0 aliphatic carbocycles. The second-order valence-electron chi connectivity index (χ2n) is 6.48. The van der Waals surface area contributed by atoms with Crippen molar-refractivity contribution >= 4 is 11.6 Å². The fraction of sp³-hybridized carbons (Fsp3) is 0.615. The van der Waals surface area contributed by atoms with Gasteiger partial charge in [0.1, 0.15) is 11.4 Å². The van der Waals surface area contributed by atoms with Crippen molar-refractivity contribution in [3.8, 4) is 0 Å². The molecular formula is C13H20N4O4. The van der Waals surface area contributed by atoms with Gasteiger partial charge in [-0.25, -0.2) is 4.79 Å². The van der Waals surface area contributed by atoms with Crippen LogP contribution in [0.1, 0.15) is 38.2 Å². The van der Waals surface area contributed by atoms with Crippen molar-refractivity contribution in [2.24, 2.45) is 0 Å². The number of carbonyl (C=O) groups excluding carboxylic acids is 1. The van der Waals surface area contributed by atoms with Crippen LogP contribution in [0.3, 0.4) is 0 Å². The van der Waals surface area contributed by atoms with Gasteiger partial charge >= 0.3 is 5.69 Å². The van der Waals surface area contributed by atoms with Crippen LogP contribution in [0.15, 0.2) is 9.59 Å². The molecule has 1 aliphatic rings. The van der Waals surface area contributed by atoms with E-state index in [-0.39, 0.29) is 11.4 Å². The Morgan fingerprint density at radius 1 is 1.14 bits per heavy atom. The Morgan fingerprint density at radius 2 is 1.67 bits per heavy atom. The number of morpholine rings is 1. The van der Waals surface area contributed by atoms with Crippen LogP contribution >= 0.6 is 0 Å². The van der Waals surface area contributed by atoms with E-state index in [0.717, 1.165) is 0 Å². The van der Waals surface area contributed by atoms with E-state index in [1.54, 1.807) is 0 Å². The van der Waals surface area contributed by atoms with Crippen molar-refractivity contribution in [3.05, 3.63) is 26.5 Å². The number of aromatic nitrogens is 2. The number of amides is 1. The smallest absolute Gasteiger partial charge is 0.326 e. The third-order valence-corrected chi connectivity index (χ3v) is 3.18. The quantitative estimate of drug-likeness (QED) is 0.655. The summed E-state index contributed by atoms with van der Waals surface area (Å²) in [5, 5.41) is 0. The molecule has 4 N–H and O–H groups in total. The lowest BCUT2D eigenvalue weighted by molar-refractivity contribution is -0.171. The number of carbonyl (C=O) groups is 1. The molecule has 1 aromatic rings. The summed E-state index contributed by atoms with van der Waals surface area (Å²) < 4.78 is 5.89. The zero-order valence-corrected chi connectivity index (χ0v) is 12.6. The molecule has 1 fully saturated rings. The van der Waals surface area contributed by atoms with Gasteiger partial charge in [0.25, 0.3) is 11.5 Å². The number of hydrogen-bond acceptors (Lipinski definition) is 5. The van der Waals surface area contributed by atoms with Crippen LogP contribution in [-0.2, 0) is 4.74 Å². The van der Waals surface area contributed by atoms with Gasteiger partial charge in [-0.15, -0.1) is 0 Å². The summed E-state index contributed by atoms with van der Waals surface area (Å²) >= 11 is 0. The Labute approximate surface area is 121 Å². The Kier molecular flexibility index (Phi) is 3.45. The lowest BCUT2D eigenvalue weighted by Crippen LogP contribution is -2.59. The molecule has 0 saturated carbocycles. The minimum Gasteiger partial charge on any atom is -0.392 e. The van der Waals surface area contributed by atoms with E-state index in [2.05, 4.69) is 4.98 Å². The van der Waals surface area contributed by atoms with Crippen molar-refractivity contribution in [2.75, 3.05) is 18.8 Å². The fourth-order valence-corrected chi connectivity index (χ4v) is 2.75. The van der Waals surface area contributed by atoms with Crippen molar-refractivity contribution in [2.45, 2.75) is 38.9 Å². The number of anilines is 1. The van der Waals surface area contributed by atoms with Crippen molar-refractivity contribution in [1.82, 2.24) is 14.9 Å².